The third kappa shape index (κ3) is 8.63. The molecule has 2 unspecified atom stereocenters. The zero-order valence-corrected chi connectivity index (χ0v) is 21.2. The quantitative estimate of drug-likeness (QED) is 0.143. The van der Waals surface area contributed by atoms with Crippen molar-refractivity contribution >= 4 is 0 Å². The van der Waals surface area contributed by atoms with Gasteiger partial charge in [0.1, 0.15) is 11.5 Å². The Bertz CT molecular complexity index is 1070. The van der Waals surface area contributed by atoms with Gasteiger partial charge in [0.15, 0.2) is 23.2 Å². The molecular weight excluding hydrogens is 472 g/mol. The molecule has 3 nitrogen and oxygen atoms in total. The van der Waals surface area contributed by atoms with E-state index >= 15 is 0 Å². The van der Waals surface area contributed by atoms with E-state index in [1.165, 1.54) is 43.5 Å². The van der Waals surface area contributed by atoms with Crippen molar-refractivity contribution in [2.75, 3.05) is 13.7 Å². The van der Waals surface area contributed by atoms with Gasteiger partial charge in [0, 0.05) is 5.56 Å². The summed E-state index contributed by atoms with van der Waals surface area (Å²) in [7, 11) is 1.19. The van der Waals surface area contributed by atoms with Crippen LogP contribution in [0.15, 0.2) is 85.2 Å². The lowest BCUT2D eigenvalue weighted by molar-refractivity contribution is 0.234. The van der Waals surface area contributed by atoms with E-state index in [-0.39, 0.29) is 41.1 Å². The molecule has 0 saturated heterocycles. The Labute approximate surface area is 211 Å². The lowest BCUT2D eigenvalue weighted by Crippen LogP contribution is -2.12. The molecule has 2 aromatic carbocycles. The maximum atomic E-state index is 14.5. The predicted molar refractivity (Wildman–Crippen MR) is 137 cm³/mol. The number of halogens is 4. The number of phenolic OH excluding ortho intramolecular Hbond substituents is 1. The monoisotopic (exact) mass is 506 g/mol. The molecule has 0 spiro atoms. The molecule has 2 rings (SSSR count). The number of aromatic hydroxyl groups is 1. The van der Waals surface area contributed by atoms with Gasteiger partial charge in [-0.2, -0.15) is 8.78 Å². The van der Waals surface area contributed by atoms with E-state index in [4.69, 9.17) is 4.74 Å². The van der Waals surface area contributed by atoms with Gasteiger partial charge in [-0.3, -0.25) is 0 Å². The van der Waals surface area contributed by atoms with Crippen molar-refractivity contribution < 1.29 is 32.1 Å². The van der Waals surface area contributed by atoms with Crippen LogP contribution >= 0.6 is 0 Å². The maximum absolute atomic E-state index is 14.5. The molecule has 0 radical (unpaired) electrons. The summed E-state index contributed by atoms with van der Waals surface area (Å²) in [5, 5.41) is 9.35. The van der Waals surface area contributed by atoms with Crippen molar-refractivity contribution in [3.8, 4) is 22.6 Å². The highest BCUT2D eigenvalue weighted by Gasteiger charge is 2.20. The fraction of sp³-hybridized carbons (Fsp3) is 0.310. The highest BCUT2D eigenvalue weighted by molar-refractivity contribution is 5.66. The van der Waals surface area contributed by atoms with Crippen LogP contribution in [-0.4, -0.2) is 18.8 Å². The Balaban J connectivity index is 0.00000205. The Morgan fingerprint density at radius 1 is 0.972 bits per heavy atom. The number of phenols is 1. The molecule has 2 aromatic rings. The van der Waals surface area contributed by atoms with Gasteiger partial charge in [-0.25, -0.2) is 8.78 Å². The third-order valence-electron chi connectivity index (χ3n) is 5.40. The second-order valence-electron chi connectivity index (χ2n) is 8.37. The minimum Gasteiger partial charge on any atom is -0.508 e. The molecule has 0 aliphatic heterocycles. The van der Waals surface area contributed by atoms with Crippen molar-refractivity contribution in [3.63, 3.8) is 0 Å². The Kier molecular flexibility index (Phi) is 12.6. The Morgan fingerprint density at radius 2 is 1.56 bits per heavy atom. The van der Waals surface area contributed by atoms with Crippen molar-refractivity contribution in [3.05, 3.63) is 96.8 Å². The Morgan fingerprint density at radius 3 is 2.11 bits per heavy atom. The largest absolute Gasteiger partial charge is 0.508 e. The topological polar surface area (TPSA) is 38.7 Å². The standard InChI is InChI=1S/C26H28F4O3.C3H6/c1-15(6-7-16(2)17(3)23(27)24(28)18(4)32-5)14-33-22-13-12-21(25(29)26(22)30)19-8-10-20(31)11-9-19;1-3-2/h8-13,15-16,31H,3-4,6-7,14H2,1-2,5H3;3H,1H2,2H3/b24-23-;. The fourth-order valence-electron chi connectivity index (χ4n) is 3.10. The first-order valence-electron chi connectivity index (χ1n) is 11.4. The predicted octanol–water partition coefficient (Wildman–Crippen LogP) is 8.83. The number of hydrogen-bond acceptors (Lipinski definition) is 3. The van der Waals surface area contributed by atoms with E-state index in [0.29, 0.717) is 18.4 Å². The second-order valence-corrected chi connectivity index (χ2v) is 8.37. The van der Waals surface area contributed by atoms with E-state index in [9.17, 15) is 22.7 Å². The lowest BCUT2D eigenvalue weighted by atomic mass is 9.92. The Hall–Kier alpha value is -3.48. The molecule has 0 amide bonds. The molecule has 196 valence electrons. The van der Waals surface area contributed by atoms with Crippen LogP contribution in [0.3, 0.4) is 0 Å². The first-order valence-corrected chi connectivity index (χ1v) is 11.4. The summed E-state index contributed by atoms with van der Waals surface area (Å²) in [4.78, 5) is 0. The van der Waals surface area contributed by atoms with Crippen LogP contribution in [0.4, 0.5) is 17.6 Å². The number of hydrogen-bond donors (Lipinski definition) is 1. The van der Waals surface area contributed by atoms with Crippen LogP contribution in [0, 0.1) is 23.5 Å². The number of benzene rings is 2. The van der Waals surface area contributed by atoms with Gasteiger partial charge in [-0.05, 0) is 67.0 Å². The van der Waals surface area contributed by atoms with Gasteiger partial charge in [-0.15, -0.1) is 6.58 Å². The smallest absolute Gasteiger partial charge is 0.201 e. The molecule has 36 heavy (non-hydrogen) atoms. The van der Waals surface area contributed by atoms with Crippen molar-refractivity contribution in [1.82, 2.24) is 0 Å². The van der Waals surface area contributed by atoms with Crippen LogP contribution in [-0.2, 0) is 4.74 Å². The molecular formula is C29H34F4O3. The van der Waals surface area contributed by atoms with Gasteiger partial charge in [0.2, 0.25) is 5.82 Å². The van der Waals surface area contributed by atoms with E-state index in [0.717, 1.165) is 0 Å². The second kappa shape index (κ2) is 14.8. The summed E-state index contributed by atoms with van der Waals surface area (Å²) in [6, 6.07) is 8.51. The molecule has 0 bridgehead atoms. The molecule has 7 heteroatoms. The molecule has 0 aliphatic carbocycles. The van der Waals surface area contributed by atoms with Gasteiger partial charge < -0.3 is 14.6 Å². The zero-order valence-electron chi connectivity index (χ0n) is 21.2. The summed E-state index contributed by atoms with van der Waals surface area (Å²) in [5.74, 6) is -5.44. The average molecular weight is 507 g/mol. The zero-order chi connectivity index (χ0) is 27.4. The molecule has 2 atom stereocenters. The minimum atomic E-state index is -1.18. The van der Waals surface area contributed by atoms with Crippen molar-refractivity contribution in [2.24, 2.45) is 11.8 Å². The highest BCUT2D eigenvalue weighted by atomic mass is 19.2. The molecule has 1 N–H and O–H groups in total. The maximum Gasteiger partial charge on any atom is 0.201 e. The van der Waals surface area contributed by atoms with E-state index in [1.54, 1.807) is 13.0 Å². The van der Waals surface area contributed by atoms with E-state index in [2.05, 4.69) is 24.5 Å². The van der Waals surface area contributed by atoms with Crippen molar-refractivity contribution in [1.29, 1.82) is 0 Å². The van der Waals surface area contributed by atoms with Crippen molar-refractivity contribution in [2.45, 2.75) is 33.6 Å². The summed E-state index contributed by atoms with van der Waals surface area (Å²) in [6.07, 6.45) is 2.80. The van der Waals surface area contributed by atoms with Gasteiger partial charge in [-0.1, -0.05) is 45.2 Å². The summed E-state index contributed by atoms with van der Waals surface area (Å²) >= 11 is 0. The molecule has 0 fully saturated rings. The summed E-state index contributed by atoms with van der Waals surface area (Å²) in [6.45, 7) is 15.8. The van der Waals surface area contributed by atoms with E-state index in [1.807, 2.05) is 13.8 Å². The summed E-state index contributed by atoms with van der Waals surface area (Å²) in [5.41, 5.74) is 0.473. The van der Waals surface area contributed by atoms with Gasteiger partial charge in [0.25, 0.3) is 0 Å². The number of allylic oxidation sites excluding steroid dienone is 4. The highest BCUT2D eigenvalue weighted by Crippen LogP contribution is 2.32. The van der Waals surface area contributed by atoms with Crippen LogP contribution in [0.25, 0.3) is 11.1 Å². The first-order chi connectivity index (χ1) is 17.0. The first kappa shape index (κ1) is 30.6. The molecule has 0 aliphatic rings. The lowest BCUT2D eigenvalue weighted by Gasteiger charge is -2.18. The van der Waals surface area contributed by atoms with Crippen LogP contribution in [0.5, 0.6) is 11.5 Å². The molecule has 0 aromatic heterocycles. The number of ether oxygens (including phenoxy) is 2. The van der Waals surface area contributed by atoms with Crippen LogP contribution in [0.1, 0.15) is 33.6 Å². The number of methoxy groups -OCH3 is 1. The number of rotatable bonds is 11. The molecule has 0 saturated carbocycles. The normalized spacial score (nSPS) is 12.9. The van der Waals surface area contributed by atoms with Crippen LogP contribution < -0.4 is 4.74 Å². The van der Waals surface area contributed by atoms with Crippen LogP contribution in [0.2, 0.25) is 0 Å². The SMILES string of the molecule is C=C(OC)/C(F)=C(/F)C(=C)C(C)CCC(C)COc1ccc(-c2ccc(O)cc2)c(F)c1F.C=CC. The summed E-state index contributed by atoms with van der Waals surface area (Å²) < 4.78 is 67.1. The van der Waals surface area contributed by atoms with E-state index < -0.39 is 29.0 Å². The van der Waals surface area contributed by atoms with Gasteiger partial charge >= 0.3 is 0 Å². The average Bonchev–Trinajstić information content (AvgIpc) is 2.87. The minimum absolute atomic E-state index is 0.00301. The fourth-order valence-corrected chi connectivity index (χ4v) is 3.10. The molecule has 0 heterocycles. The van der Waals surface area contributed by atoms with Gasteiger partial charge in [0.05, 0.1) is 13.7 Å². The third-order valence-corrected chi connectivity index (χ3v) is 5.40.